The van der Waals surface area contributed by atoms with Crippen molar-refractivity contribution in [2.45, 2.75) is 32.0 Å². The fourth-order valence-corrected chi connectivity index (χ4v) is 4.28. The summed E-state index contributed by atoms with van der Waals surface area (Å²) >= 11 is 6.30. The van der Waals surface area contributed by atoms with E-state index in [0.717, 1.165) is 42.2 Å². The third-order valence-electron chi connectivity index (χ3n) is 5.45. The highest BCUT2D eigenvalue weighted by molar-refractivity contribution is 6.31. The van der Waals surface area contributed by atoms with Crippen molar-refractivity contribution in [2.24, 2.45) is 0 Å². The molecule has 0 aliphatic carbocycles. The minimum atomic E-state index is -0.986. The van der Waals surface area contributed by atoms with Crippen LogP contribution in [0.25, 0.3) is 10.9 Å². The molecule has 0 saturated heterocycles. The van der Waals surface area contributed by atoms with E-state index in [2.05, 4.69) is 27.1 Å². The predicted octanol–water partition coefficient (Wildman–Crippen LogP) is 4.14. The topological polar surface area (TPSA) is 41.3 Å². The van der Waals surface area contributed by atoms with Gasteiger partial charge in [-0.2, -0.15) is 0 Å². The molecule has 3 aromatic rings. The number of pyridine rings is 1. The Kier molecular flexibility index (Phi) is 4.81. The third kappa shape index (κ3) is 3.41. The minimum absolute atomic E-state index is 0.492. The van der Waals surface area contributed by atoms with Crippen LogP contribution in [0.3, 0.4) is 0 Å². The lowest BCUT2D eigenvalue weighted by Gasteiger charge is -2.30. The molecular formula is C22H24ClN3O. The lowest BCUT2D eigenvalue weighted by molar-refractivity contribution is 0.0384. The number of aliphatic hydroxyl groups is 1. The minimum Gasteiger partial charge on any atom is -0.384 e. The number of aromatic nitrogens is 2. The van der Waals surface area contributed by atoms with Gasteiger partial charge in [0.25, 0.3) is 0 Å². The van der Waals surface area contributed by atoms with Crippen LogP contribution in [0.2, 0.25) is 5.02 Å². The zero-order valence-corrected chi connectivity index (χ0v) is 16.3. The Labute approximate surface area is 164 Å². The second-order valence-electron chi connectivity index (χ2n) is 7.46. The van der Waals surface area contributed by atoms with Gasteiger partial charge in [0.1, 0.15) is 5.60 Å². The number of fused-ring (bicyclic) bond motifs is 3. The summed E-state index contributed by atoms with van der Waals surface area (Å²) in [7, 11) is 0. The average molecular weight is 382 g/mol. The molecule has 1 aliphatic rings. The molecule has 1 unspecified atom stereocenters. The Balaban J connectivity index is 1.81. The number of halogens is 1. The first kappa shape index (κ1) is 18.2. The summed E-state index contributed by atoms with van der Waals surface area (Å²) in [5.74, 6) is 0. The molecule has 1 aliphatic heterocycles. The van der Waals surface area contributed by atoms with Crippen LogP contribution in [0.15, 0.2) is 55.4 Å². The summed E-state index contributed by atoms with van der Waals surface area (Å²) in [6.07, 6.45) is 6.34. The lowest BCUT2D eigenvalue weighted by Crippen LogP contribution is -2.33. The molecule has 2 aromatic heterocycles. The van der Waals surface area contributed by atoms with Crippen LogP contribution in [-0.2, 0) is 25.1 Å². The summed E-state index contributed by atoms with van der Waals surface area (Å²) < 4.78 is 2.27. The number of hydrogen-bond acceptors (Lipinski definition) is 3. The maximum atomic E-state index is 11.2. The van der Waals surface area contributed by atoms with Crippen molar-refractivity contribution in [3.05, 3.63) is 77.2 Å². The third-order valence-corrected chi connectivity index (χ3v) is 5.69. The molecule has 4 nitrogen and oxygen atoms in total. The van der Waals surface area contributed by atoms with Crippen LogP contribution in [-0.4, -0.2) is 32.6 Å². The van der Waals surface area contributed by atoms with Gasteiger partial charge in [-0.05, 0) is 48.4 Å². The number of rotatable bonds is 5. The van der Waals surface area contributed by atoms with Gasteiger partial charge < -0.3 is 9.67 Å². The molecule has 27 heavy (non-hydrogen) atoms. The Bertz CT molecular complexity index is 978. The summed E-state index contributed by atoms with van der Waals surface area (Å²) in [5.41, 5.74) is 3.61. The van der Waals surface area contributed by atoms with Gasteiger partial charge in [-0.15, -0.1) is 6.58 Å². The molecule has 140 valence electrons. The van der Waals surface area contributed by atoms with Crippen LogP contribution in [0.1, 0.15) is 23.7 Å². The highest BCUT2D eigenvalue weighted by Gasteiger charge is 2.29. The Morgan fingerprint density at radius 3 is 2.81 bits per heavy atom. The zero-order valence-electron chi connectivity index (χ0n) is 15.5. The standard InChI is InChI=1S/C22H24ClN3O/c1-3-11-25-12-8-21-19(14-25)18-13-17(23)4-5-20(18)26(21)15-22(2,27)16-6-9-24-10-7-16/h3-7,9-10,13,27H,1,8,11-12,14-15H2,2H3. The molecule has 1 aromatic carbocycles. The van der Waals surface area contributed by atoms with Crippen LogP contribution in [0, 0.1) is 0 Å². The monoisotopic (exact) mass is 381 g/mol. The second kappa shape index (κ2) is 7.12. The van der Waals surface area contributed by atoms with Gasteiger partial charge in [0.15, 0.2) is 0 Å². The van der Waals surface area contributed by atoms with Gasteiger partial charge in [0, 0.05) is 60.1 Å². The van der Waals surface area contributed by atoms with Crippen molar-refractivity contribution in [2.75, 3.05) is 13.1 Å². The average Bonchev–Trinajstić information content (AvgIpc) is 2.95. The number of hydrogen-bond donors (Lipinski definition) is 1. The fraction of sp³-hybridized carbons (Fsp3) is 0.318. The van der Waals surface area contributed by atoms with Crippen LogP contribution >= 0.6 is 11.6 Å². The van der Waals surface area contributed by atoms with Gasteiger partial charge in [-0.3, -0.25) is 9.88 Å². The molecule has 4 rings (SSSR count). The first-order valence-corrected chi connectivity index (χ1v) is 9.63. The smallest absolute Gasteiger partial charge is 0.105 e. The maximum absolute atomic E-state index is 11.2. The first-order chi connectivity index (χ1) is 13.0. The summed E-state index contributed by atoms with van der Waals surface area (Å²) in [6, 6.07) is 9.79. The van der Waals surface area contributed by atoms with Crippen molar-refractivity contribution in [3.8, 4) is 0 Å². The SMILES string of the molecule is C=CCN1CCc2c(c3cc(Cl)ccc3n2CC(C)(O)c2ccncc2)C1. The highest BCUT2D eigenvalue weighted by atomic mass is 35.5. The van der Waals surface area contributed by atoms with Gasteiger partial charge in [-0.1, -0.05) is 17.7 Å². The van der Waals surface area contributed by atoms with Crippen LogP contribution in [0.5, 0.6) is 0 Å². The summed E-state index contributed by atoms with van der Waals surface area (Å²) in [4.78, 5) is 6.46. The van der Waals surface area contributed by atoms with Crippen LogP contribution < -0.4 is 0 Å². The van der Waals surface area contributed by atoms with E-state index in [-0.39, 0.29) is 0 Å². The van der Waals surface area contributed by atoms with E-state index in [0.29, 0.717) is 6.54 Å². The van der Waals surface area contributed by atoms with E-state index in [1.54, 1.807) is 12.4 Å². The van der Waals surface area contributed by atoms with Crippen molar-refractivity contribution in [1.82, 2.24) is 14.5 Å². The van der Waals surface area contributed by atoms with E-state index in [1.807, 2.05) is 37.3 Å². The van der Waals surface area contributed by atoms with Crippen molar-refractivity contribution in [1.29, 1.82) is 0 Å². The molecule has 0 spiro atoms. The molecule has 0 bridgehead atoms. The molecule has 1 atom stereocenters. The van der Waals surface area contributed by atoms with E-state index >= 15 is 0 Å². The number of benzene rings is 1. The molecule has 5 heteroatoms. The first-order valence-electron chi connectivity index (χ1n) is 9.25. The molecule has 0 saturated carbocycles. The van der Waals surface area contributed by atoms with Crippen molar-refractivity contribution < 1.29 is 5.11 Å². The van der Waals surface area contributed by atoms with Gasteiger partial charge in [-0.25, -0.2) is 0 Å². The molecule has 3 heterocycles. The lowest BCUT2D eigenvalue weighted by atomic mass is 9.96. The number of nitrogens with zero attached hydrogens (tertiary/aromatic N) is 3. The van der Waals surface area contributed by atoms with E-state index in [4.69, 9.17) is 11.6 Å². The van der Waals surface area contributed by atoms with Crippen LogP contribution in [0.4, 0.5) is 0 Å². The van der Waals surface area contributed by atoms with E-state index in [1.165, 1.54) is 16.6 Å². The molecular weight excluding hydrogens is 358 g/mol. The van der Waals surface area contributed by atoms with E-state index in [9.17, 15) is 5.11 Å². The molecule has 0 fully saturated rings. The Hall–Kier alpha value is -2.14. The van der Waals surface area contributed by atoms with Crippen molar-refractivity contribution >= 4 is 22.5 Å². The van der Waals surface area contributed by atoms with Gasteiger partial charge in [0.05, 0.1) is 6.54 Å². The maximum Gasteiger partial charge on any atom is 0.105 e. The predicted molar refractivity (Wildman–Crippen MR) is 110 cm³/mol. The van der Waals surface area contributed by atoms with Gasteiger partial charge >= 0.3 is 0 Å². The largest absolute Gasteiger partial charge is 0.384 e. The van der Waals surface area contributed by atoms with Crippen molar-refractivity contribution in [3.63, 3.8) is 0 Å². The highest BCUT2D eigenvalue weighted by Crippen LogP contribution is 2.35. The molecule has 0 amide bonds. The quantitative estimate of drug-likeness (QED) is 0.675. The zero-order chi connectivity index (χ0) is 19.0. The molecule has 1 N–H and O–H groups in total. The normalized spacial score (nSPS) is 16.9. The van der Waals surface area contributed by atoms with Gasteiger partial charge in [0.2, 0.25) is 0 Å². The Morgan fingerprint density at radius 2 is 2.07 bits per heavy atom. The summed E-state index contributed by atoms with van der Waals surface area (Å²) in [5, 5.41) is 13.1. The summed E-state index contributed by atoms with van der Waals surface area (Å²) in [6.45, 7) is 8.97. The fourth-order valence-electron chi connectivity index (χ4n) is 4.11. The molecule has 0 radical (unpaired) electrons. The van der Waals surface area contributed by atoms with E-state index < -0.39 is 5.60 Å². The Morgan fingerprint density at radius 1 is 1.30 bits per heavy atom. The second-order valence-corrected chi connectivity index (χ2v) is 7.89.